The van der Waals surface area contributed by atoms with Gasteiger partial charge in [-0.1, -0.05) is 12.1 Å². The number of thiazole rings is 1. The average molecular weight is 413 g/mol. The zero-order valence-electron chi connectivity index (χ0n) is 13.3. The third kappa shape index (κ3) is 3.83. The summed E-state index contributed by atoms with van der Waals surface area (Å²) in [5.41, 5.74) is -5.31. The number of amides is 1. The monoisotopic (exact) mass is 413 g/mol. The van der Waals surface area contributed by atoms with Crippen LogP contribution >= 0.6 is 11.3 Å². The van der Waals surface area contributed by atoms with E-state index >= 15 is 0 Å². The van der Waals surface area contributed by atoms with E-state index in [1.165, 1.54) is 23.5 Å². The van der Waals surface area contributed by atoms with Gasteiger partial charge in [-0.25, -0.2) is 18.4 Å². The van der Waals surface area contributed by atoms with E-state index in [9.17, 15) is 26.4 Å². The van der Waals surface area contributed by atoms with Gasteiger partial charge < -0.3 is 5.32 Å². The summed E-state index contributed by atoms with van der Waals surface area (Å²) in [7, 11) is -5.77. The first kappa shape index (κ1) is 19.0. The van der Waals surface area contributed by atoms with E-state index in [0.29, 0.717) is 10.6 Å². The fourth-order valence-electron chi connectivity index (χ4n) is 2.18. The number of aromatic nitrogens is 2. The molecule has 0 aliphatic heterocycles. The molecule has 0 bridgehead atoms. The molecule has 2 aromatic heterocycles. The summed E-state index contributed by atoms with van der Waals surface area (Å²) < 4.78 is 61.8. The van der Waals surface area contributed by atoms with Crippen LogP contribution in [0.4, 0.5) is 18.9 Å². The fraction of sp³-hybridized carbons (Fsp3) is 0.0625. The lowest BCUT2D eigenvalue weighted by atomic mass is 10.2. The second-order valence-electron chi connectivity index (χ2n) is 5.18. The second-order valence-corrected chi connectivity index (χ2v) is 7.93. The molecule has 0 spiro atoms. The van der Waals surface area contributed by atoms with E-state index < -0.39 is 31.8 Å². The molecule has 6 nitrogen and oxygen atoms in total. The highest BCUT2D eigenvalue weighted by Gasteiger charge is 2.49. The third-order valence-electron chi connectivity index (χ3n) is 3.37. The van der Waals surface area contributed by atoms with Gasteiger partial charge >= 0.3 is 5.51 Å². The number of rotatable bonds is 4. The van der Waals surface area contributed by atoms with Crippen LogP contribution in [-0.4, -0.2) is 29.8 Å². The molecular weight excluding hydrogens is 403 g/mol. The summed E-state index contributed by atoms with van der Waals surface area (Å²) >= 11 is 1.37. The highest BCUT2D eigenvalue weighted by Crippen LogP contribution is 2.31. The molecule has 0 aliphatic rings. The Morgan fingerprint density at radius 2 is 1.85 bits per heavy atom. The van der Waals surface area contributed by atoms with Crippen molar-refractivity contribution in [3.05, 3.63) is 59.7 Å². The summed E-state index contributed by atoms with van der Waals surface area (Å²) in [6, 6.07) is 8.61. The smallest absolute Gasteiger partial charge is 0.322 e. The highest BCUT2D eigenvalue weighted by atomic mass is 32.2. The van der Waals surface area contributed by atoms with Crippen molar-refractivity contribution in [3.63, 3.8) is 0 Å². The van der Waals surface area contributed by atoms with Crippen LogP contribution in [0.3, 0.4) is 0 Å². The normalized spacial score (nSPS) is 12.0. The molecule has 1 amide bonds. The number of halogens is 3. The number of carbonyl (C=O) groups excluding carboxylic acids is 1. The number of hydrogen-bond acceptors (Lipinski definition) is 6. The van der Waals surface area contributed by atoms with Crippen LogP contribution in [0.15, 0.2) is 59.2 Å². The third-order valence-corrected chi connectivity index (χ3v) is 5.64. The number of nitrogens with one attached hydrogen (secondary N) is 1. The Bertz CT molecular complexity index is 1080. The van der Waals surface area contributed by atoms with Crippen LogP contribution in [0.1, 0.15) is 10.4 Å². The minimum atomic E-state index is -5.77. The van der Waals surface area contributed by atoms with Gasteiger partial charge in [-0.05, 0) is 24.3 Å². The predicted octanol–water partition coefficient (Wildman–Crippen LogP) is 3.75. The van der Waals surface area contributed by atoms with Gasteiger partial charge in [0.15, 0.2) is 5.03 Å². The number of anilines is 1. The first-order chi connectivity index (χ1) is 12.7. The maximum Gasteiger partial charge on any atom is 0.503 e. The summed E-state index contributed by atoms with van der Waals surface area (Å²) in [5, 5.41) is 3.51. The zero-order chi connectivity index (χ0) is 19.7. The number of carbonyl (C=O) groups is 1. The predicted molar refractivity (Wildman–Crippen MR) is 93.0 cm³/mol. The lowest BCUT2D eigenvalue weighted by Gasteiger charge is -2.12. The van der Waals surface area contributed by atoms with E-state index in [4.69, 9.17) is 0 Å². The maximum absolute atomic E-state index is 12.8. The molecule has 2 heterocycles. The highest BCUT2D eigenvalue weighted by molar-refractivity contribution is 7.92. The van der Waals surface area contributed by atoms with Crippen LogP contribution in [0.25, 0.3) is 10.6 Å². The average Bonchev–Trinajstić information content (AvgIpc) is 3.15. The molecular formula is C16H10F3N3O3S2. The van der Waals surface area contributed by atoms with Crippen molar-refractivity contribution in [3.8, 4) is 10.6 Å². The van der Waals surface area contributed by atoms with Crippen molar-refractivity contribution < 1.29 is 26.4 Å². The molecule has 3 aromatic rings. The van der Waals surface area contributed by atoms with Crippen molar-refractivity contribution >= 4 is 32.8 Å². The minimum absolute atomic E-state index is 0.270. The van der Waals surface area contributed by atoms with Crippen molar-refractivity contribution in [1.82, 2.24) is 9.97 Å². The number of benzene rings is 1. The number of nitrogens with zero attached hydrogens (tertiary/aromatic N) is 2. The Kier molecular flexibility index (Phi) is 4.98. The molecule has 140 valence electrons. The van der Waals surface area contributed by atoms with Gasteiger partial charge in [-0.2, -0.15) is 13.2 Å². The first-order valence-electron chi connectivity index (χ1n) is 7.28. The van der Waals surface area contributed by atoms with Crippen LogP contribution in [0, 0.1) is 0 Å². The van der Waals surface area contributed by atoms with E-state index in [-0.39, 0.29) is 5.69 Å². The fourth-order valence-corrected chi connectivity index (χ4v) is 3.69. The zero-order valence-corrected chi connectivity index (χ0v) is 14.9. The van der Waals surface area contributed by atoms with Crippen LogP contribution < -0.4 is 5.32 Å². The van der Waals surface area contributed by atoms with Gasteiger partial charge in [0.05, 0.1) is 5.56 Å². The molecule has 0 saturated carbocycles. The summed E-state index contributed by atoms with van der Waals surface area (Å²) in [5.74, 6) is -1.03. The standard InChI is InChI=1S/C16H10F3N3O3S2/c17-16(18,19)27(24,25)15-12(5-2-6-21-15)13(23)22-11-4-1-3-10(9-11)14-20-7-8-26-14/h1-9H,(H,22,23). The van der Waals surface area contributed by atoms with Gasteiger partial charge in [-0.3, -0.25) is 4.79 Å². The molecule has 11 heteroatoms. The summed E-state index contributed by atoms with van der Waals surface area (Å²) in [6.07, 6.45) is 2.48. The van der Waals surface area contributed by atoms with Crippen molar-refractivity contribution in [2.24, 2.45) is 0 Å². The lowest BCUT2D eigenvalue weighted by Crippen LogP contribution is -2.27. The van der Waals surface area contributed by atoms with Crippen LogP contribution in [0.5, 0.6) is 0 Å². The minimum Gasteiger partial charge on any atom is -0.322 e. The van der Waals surface area contributed by atoms with E-state index in [0.717, 1.165) is 12.3 Å². The Morgan fingerprint density at radius 1 is 1.07 bits per heavy atom. The van der Waals surface area contributed by atoms with Crippen LogP contribution in [0.2, 0.25) is 0 Å². The number of sulfone groups is 1. The largest absolute Gasteiger partial charge is 0.503 e. The second kappa shape index (κ2) is 7.08. The summed E-state index contributed by atoms with van der Waals surface area (Å²) in [6.45, 7) is 0. The molecule has 1 aromatic carbocycles. The lowest BCUT2D eigenvalue weighted by molar-refractivity contribution is -0.0438. The molecule has 0 fully saturated rings. The maximum atomic E-state index is 12.8. The van der Waals surface area contributed by atoms with E-state index in [1.807, 2.05) is 0 Å². The Hall–Kier alpha value is -2.79. The van der Waals surface area contributed by atoms with Gasteiger partial charge in [0.25, 0.3) is 15.7 Å². The van der Waals surface area contributed by atoms with E-state index in [2.05, 4.69) is 15.3 Å². The number of hydrogen-bond donors (Lipinski definition) is 1. The van der Waals surface area contributed by atoms with Crippen molar-refractivity contribution in [1.29, 1.82) is 0 Å². The van der Waals surface area contributed by atoms with E-state index in [1.54, 1.807) is 29.8 Å². The summed E-state index contributed by atoms with van der Waals surface area (Å²) in [4.78, 5) is 19.8. The molecule has 0 radical (unpaired) electrons. The van der Waals surface area contributed by atoms with Gasteiger partial charge in [-0.15, -0.1) is 11.3 Å². The van der Waals surface area contributed by atoms with Gasteiger partial charge in [0, 0.05) is 29.0 Å². The Labute approximate surface area is 155 Å². The number of alkyl halides is 3. The Morgan fingerprint density at radius 3 is 2.52 bits per heavy atom. The topological polar surface area (TPSA) is 89.0 Å². The van der Waals surface area contributed by atoms with Gasteiger partial charge in [0.1, 0.15) is 5.01 Å². The molecule has 0 saturated heterocycles. The molecule has 3 rings (SSSR count). The molecule has 0 aliphatic carbocycles. The SMILES string of the molecule is O=C(Nc1cccc(-c2nccs2)c1)c1cccnc1S(=O)(=O)C(F)(F)F. The molecule has 27 heavy (non-hydrogen) atoms. The quantitative estimate of drug-likeness (QED) is 0.704. The molecule has 0 unspecified atom stereocenters. The first-order valence-corrected chi connectivity index (χ1v) is 9.64. The molecule has 1 N–H and O–H groups in total. The number of pyridine rings is 1. The van der Waals surface area contributed by atoms with Crippen molar-refractivity contribution in [2.45, 2.75) is 10.5 Å². The molecule has 0 atom stereocenters. The Balaban J connectivity index is 1.94. The van der Waals surface area contributed by atoms with Crippen molar-refractivity contribution in [2.75, 3.05) is 5.32 Å². The van der Waals surface area contributed by atoms with Crippen LogP contribution in [-0.2, 0) is 9.84 Å². The van der Waals surface area contributed by atoms with Gasteiger partial charge in [0.2, 0.25) is 0 Å².